The van der Waals surface area contributed by atoms with Crippen molar-refractivity contribution >= 4 is 28.0 Å². The van der Waals surface area contributed by atoms with E-state index in [2.05, 4.69) is 20.3 Å². The molecule has 3 heterocycles. The molecule has 5 rings (SSSR count). The fourth-order valence-corrected chi connectivity index (χ4v) is 3.76. The third-order valence-electron chi connectivity index (χ3n) is 5.34. The first kappa shape index (κ1) is 20.6. The van der Waals surface area contributed by atoms with Crippen molar-refractivity contribution in [2.75, 3.05) is 6.61 Å². The lowest BCUT2D eigenvalue weighted by molar-refractivity contribution is 0.0946. The van der Waals surface area contributed by atoms with Gasteiger partial charge in [0.1, 0.15) is 22.9 Å². The van der Waals surface area contributed by atoms with Crippen LogP contribution in [0.5, 0.6) is 5.75 Å². The number of carbonyl (C=O) groups excluding carboxylic acids is 1. The van der Waals surface area contributed by atoms with E-state index in [1.54, 1.807) is 16.7 Å². The Bertz CT molecular complexity index is 1460. The molecule has 0 radical (unpaired) electrons. The van der Waals surface area contributed by atoms with Gasteiger partial charge in [-0.05, 0) is 55.0 Å². The van der Waals surface area contributed by atoms with E-state index < -0.39 is 0 Å². The second-order valence-corrected chi connectivity index (χ2v) is 7.72. The van der Waals surface area contributed by atoms with Gasteiger partial charge in [-0.25, -0.2) is 4.98 Å². The maximum atomic E-state index is 12.8. The fourth-order valence-electron chi connectivity index (χ4n) is 3.76. The van der Waals surface area contributed by atoms with Crippen molar-refractivity contribution in [3.8, 4) is 11.4 Å². The molecular formula is C25H23N5O3. The van der Waals surface area contributed by atoms with Crippen LogP contribution in [-0.2, 0) is 6.54 Å². The van der Waals surface area contributed by atoms with Gasteiger partial charge in [0.15, 0.2) is 0 Å². The Hall–Kier alpha value is -4.33. The third kappa shape index (κ3) is 4.10. The average Bonchev–Trinajstić information content (AvgIpc) is 3.45. The number of rotatable bonds is 7. The molecule has 166 valence electrons. The zero-order valence-electron chi connectivity index (χ0n) is 18.1. The minimum Gasteiger partial charge on any atom is -0.494 e. The lowest BCUT2D eigenvalue weighted by Gasteiger charge is -2.09. The number of benzene rings is 2. The number of ether oxygens (including phenoxy) is 1. The van der Waals surface area contributed by atoms with Crippen LogP contribution in [0.3, 0.4) is 0 Å². The van der Waals surface area contributed by atoms with Crippen molar-refractivity contribution in [1.82, 2.24) is 24.8 Å². The van der Waals surface area contributed by atoms with E-state index in [0.29, 0.717) is 29.5 Å². The van der Waals surface area contributed by atoms with E-state index in [1.165, 1.54) is 6.07 Å². The molecule has 0 saturated heterocycles. The number of H-pyrrole nitrogens is 2. The van der Waals surface area contributed by atoms with Gasteiger partial charge in [0, 0.05) is 11.5 Å². The number of amides is 1. The first-order valence-electron chi connectivity index (χ1n) is 10.8. The van der Waals surface area contributed by atoms with Gasteiger partial charge in [0.25, 0.3) is 11.5 Å². The SMILES string of the molecule is CCCOc1ccc(-n2c(=O)ccc3cc(C(=O)NCc4nc5ccccc5[nH]4)[nH]c32)cc1. The number of fused-ring (bicyclic) bond motifs is 2. The summed E-state index contributed by atoms with van der Waals surface area (Å²) in [4.78, 5) is 36.2. The van der Waals surface area contributed by atoms with E-state index in [-0.39, 0.29) is 18.0 Å². The van der Waals surface area contributed by atoms with Crippen molar-refractivity contribution in [3.05, 3.63) is 88.6 Å². The Labute approximate surface area is 189 Å². The van der Waals surface area contributed by atoms with Crippen LogP contribution in [0.4, 0.5) is 0 Å². The Morgan fingerprint density at radius 1 is 1.06 bits per heavy atom. The van der Waals surface area contributed by atoms with Gasteiger partial charge in [-0.15, -0.1) is 0 Å². The summed E-state index contributed by atoms with van der Waals surface area (Å²) in [6.45, 7) is 2.94. The molecule has 1 amide bonds. The van der Waals surface area contributed by atoms with Crippen LogP contribution in [0.1, 0.15) is 29.7 Å². The van der Waals surface area contributed by atoms with Gasteiger partial charge >= 0.3 is 0 Å². The predicted molar refractivity (Wildman–Crippen MR) is 127 cm³/mol. The summed E-state index contributed by atoms with van der Waals surface area (Å²) in [7, 11) is 0. The zero-order valence-corrected chi connectivity index (χ0v) is 18.1. The number of imidazole rings is 1. The Kier molecular flexibility index (Phi) is 5.40. The summed E-state index contributed by atoms with van der Waals surface area (Å²) in [6, 6.07) is 20.0. The maximum Gasteiger partial charge on any atom is 0.268 e. The minimum absolute atomic E-state index is 0.194. The summed E-state index contributed by atoms with van der Waals surface area (Å²) < 4.78 is 7.18. The van der Waals surface area contributed by atoms with Crippen LogP contribution >= 0.6 is 0 Å². The van der Waals surface area contributed by atoms with Crippen molar-refractivity contribution in [3.63, 3.8) is 0 Å². The highest BCUT2D eigenvalue weighted by Gasteiger charge is 2.14. The molecule has 0 aliphatic heterocycles. The molecule has 0 atom stereocenters. The topological polar surface area (TPSA) is 105 Å². The number of nitrogens with zero attached hydrogens (tertiary/aromatic N) is 2. The Morgan fingerprint density at radius 2 is 1.88 bits per heavy atom. The lowest BCUT2D eigenvalue weighted by Crippen LogP contribution is -2.23. The molecule has 0 bridgehead atoms. The highest BCUT2D eigenvalue weighted by molar-refractivity contribution is 5.97. The second kappa shape index (κ2) is 8.66. The number of aromatic nitrogens is 4. The normalized spacial score (nSPS) is 11.2. The molecule has 2 aromatic carbocycles. The molecule has 5 aromatic rings. The predicted octanol–water partition coefficient (Wildman–Crippen LogP) is 3.91. The molecular weight excluding hydrogens is 418 g/mol. The molecule has 0 aliphatic rings. The van der Waals surface area contributed by atoms with Crippen LogP contribution in [-0.4, -0.2) is 32.0 Å². The first-order chi connectivity index (χ1) is 16.1. The summed E-state index contributed by atoms with van der Waals surface area (Å²) in [5.74, 6) is 1.13. The van der Waals surface area contributed by atoms with E-state index in [4.69, 9.17) is 4.74 Å². The number of carbonyl (C=O) groups is 1. The molecule has 3 aromatic heterocycles. The summed E-state index contributed by atoms with van der Waals surface area (Å²) in [5, 5.41) is 3.63. The molecule has 33 heavy (non-hydrogen) atoms. The summed E-state index contributed by atoms with van der Waals surface area (Å²) in [6.07, 6.45) is 0.921. The van der Waals surface area contributed by atoms with Gasteiger partial charge in [-0.1, -0.05) is 19.1 Å². The standard InChI is InChI=1S/C25H23N5O3/c1-2-13-33-18-10-8-17(9-11-18)30-23(31)12-7-16-14-21(29-24(16)30)25(32)26-15-22-27-19-5-3-4-6-20(19)28-22/h3-12,14,29H,2,13,15H2,1H3,(H,26,32)(H,27,28). The van der Waals surface area contributed by atoms with Gasteiger partial charge in [0.2, 0.25) is 0 Å². The number of para-hydroxylation sites is 2. The second-order valence-electron chi connectivity index (χ2n) is 7.72. The smallest absolute Gasteiger partial charge is 0.268 e. The van der Waals surface area contributed by atoms with Gasteiger partial charge < -0.3 is 20.0 Å². The highest BCUT2D eigenvalue weighted by Crippen LogP contribution is 2.20. The van der Waals surface area contributed by atoms with E-state index in [9.17, 15) is 9.59 Å². The molecule has 3 N–H and O–H groups in total. The van der Waals surface area contributed by atoms with Crippen LogP contribution in [0, 0.1) is 0 Å². The molecule has 8 heteroatoms. The van der Waals surface area contributed by atoms with Crippen molar-refractivity contribution in [2.24, 2.45) is 0 Å². The number of nitrogens with one attached hydrogen (secondary N) is 3. The number of pyridine rings is 1. The van der Waals surface area contributed by atoms with E-state index in [1.807, 2.05) is 55.5 Å². The summed E-state index contributed by atoms with van der Waals surface area (Å²) >= 11 is 0. The van der Waals surface area contributed by atoms with Crippen LogP contribution < -0.4 is 15.6 Å². The molecule has 0 fully saturated rings. The lowest BCUT2D eigenvalue weighted by atomic mass is 10.2. The Balaban J connectivity index is 1.39. The largest absolute Gasteiger partial charge is 0.494 e. The first-order valence-corrected chi connectivity index (χ1v) is 10.8. The fraction of sp³-hybridized carbons (Fsp3) is 0.160. The quantitative estimate of drug-likeness (QED) is 0.356. The number of hydrogen-bond acceptors (Lipinski definition) is 4. The van der Waals surface area contributed by atoms with Gasteiger partial charge in [0.05, 0.1) is 29.9 Å². The molecule has 0 saturated carbocycles. The van der Waals surface area contributed by atoms with Crippen LogP contribution in [0.2, 0.25) is 0 Å². The third-order valence-corrected chi connectivity index (χ3v) is 5.34. The molecule has 0 spiro atoms. The molecule has 8 nitrogen and oxygen atoms in total. The molecule has 0 unspecified atom stereocenters. The van der Waals surface area contributed by atoms with Gasteiger partial charge in [-0.3, -0.25) is 14.2 Å². The Morgan fingerprint density at radius 3 is 2.67 bits per heavy atom. The monoisotopic (exact) mass is 441 g/mol. The number of hydrogen-bond donors (Lipinski definition) is 3. The summed E-state index contributed by atoms with van der Waals surface area (Å²) in [5.41, 5.74) is 3.18. The highest BCUT2D eigenvalue weighted by atomic mass is 16.5. The zero-order chi connectivity index (χ0) is 22.8. The van der Waals surface area contributed by atoms with Crippen LogP contribution in [0.25, 0.3) is 27.8 Å². The maximum absolute atomic E-state index is 12.8. The average molecular weight is 441 g/mol. The number of aromatic amines is 2. The van der Waals surface area contributed by atoms with Crippen LogP contribution in [0.15, 0.2) is 71.5 Å². The van der Waals surface area contributed by atoms with E-state index >= 15 is 0 Å². The van der Waals surface area contributed by atoms with Crippen molar-refractivity contribution in [1.29, 1.82) is 0 Å². The van der Waals surface area contributed by atoms with Crippen molar-refractivity contribution < 1.29 is 9.53 Å². The van der Waals surface area contributed by atoms with Crippen molar-refractivity contribution in [2.45, 2.75) is 19.9 Å². The molecule has 0 aliphatic carbocycles. The van der Waals surface area contributed by atoms with Gasteiger partial charge in [-0.2, -0.15) is 0 Å². The van der Waals surface area contributed by atoms with E-state index in [0.717, 1.165) is 28.6 Å². The minimum atomic E-state index is -0.283.